The Kier molecular flexibility index (Phi) is 6.26. The molecule has 0 aliphatic carbocycles. The molecule has 1 unspecified atom stereocenters. The van der Waals surface area contributed by atoms with Crippen molar-refractivity contribution in [2.75, 3.05) is 20.7 Å². The second-order valence-electron chi connectivity index (χ2n) is 6.86. The van der Waals surface area contributed by atoms with Crippen LogP contribution in [0.1, 0.15) is 36.9 Å². The van der Waals surface area contributed by atoms with Gasteiger partial charge in [-0.05, 0) is 23.8 Å². The standard InChI is InChI=1S/C22H24FN3O3/c1-4-21(27)25(2)14-22(28)26-20(15-9-11-16(29-3)12-10-15)13-19(24-26)17-7-5-6-8-18(17)23/h5-12,20H,4,13-14H2,1-3H3. The van der Waals surface area contributed by atoms with E-state index in [2.05, 4.69) is 5.10 Å². The van der Waals surface area contributed by atoms with Crippen LogP contribution in [0.2, 0.25) is 0 Å². The Morgan fingerprint density at radius 2 is 1.90 bits per heavy atom. The Morgan fingerprint density at radius 3 is 2.52 bits per heavy atom. The van der Waals surface area contributed by atoms with E-state index in [4.69, 9.17) is 4.74 Å². The fourth-order valence-corrected chi connectivity index (χ4v) is 3.32. The Bertz CT molecular complexity index is 927. The number of hydrogen-bond donors (Lipinski definition) is 0. The summed E-state index contributed by atoms with van der Waals surface area (Å²) in [6, 6.07) is 13.4. The third-order valence-corrected chi connectivity index (χ3v) is 4.95. The van der Waals surface area contributed by atoms with Crippen molar-refractivity contribution in [1.29, 1.82) is 0 Å². The van der Waals surface area contributed by atoms with Crippen LogP contribution < -0.4 is 4.74 Å². The van der Waals surface area contributed by atoms with Crippen molar-refractivity contribution in [3.8, 4) is 5.75 Å². The summed E-state index contributed by atoms with van der Waals surface area (Å²) in [5, 5.41) is 5.81. The summed E-state index contributed by atoms with van der Waals surface area (Å²) >= 11 is 0. The monoisotopic (exact) mass is 397 g/mol. The summed E-state index contributed by atoms with van der Waals surface area (Å²) < 4.78 is 19.5. The lowest BCUT2D eigenvalue weighted by Crippen LogP contribution is -2.38. The molecule has 7 heteroatoms. The molecular weight excluding hydrogens is 373 g/mol. The van der Waals surface area contributed by atoms with Gasteiger partial charge in [0.15, 0.2) is 0 Å². The Hall–Kier alpha value is -3.22. The summed E-state index contributed by atoms with van der Waals surface area (Å²) in [5.74, 6) is -0.126. The van der Waals surface area contributed by atoms with Gasteiger partial charge >= 0.3 is 0 Å². The van der Waals surface area contributed by atoms with E-state index in [-0.39, 0.29) is 30.2 Å². The molecule has 0 aromatic heterocycles. The molecule has 0 saturated heterocycles. The number of rotatable bonds is 6. The van der Waals surface area contributed by atoms with E-state index < -0.39 is 0 Å². The zero-order chi connectivity index (χ0) is 21.0. The largest absolute Gasteiger partial charge is 0.497 e. The SMILES string of the molecule is CCC(=O)N(C)CC(=O)N1N=C(c2ccccc2F)CC1c1ccc(OC)cc1. The van der Waals surface area contributed by atoms with E-state index in [1.165, 1.54) is 16.0 Å². The lowest BCUT2D eigenvalue weighted by molar-refractivity contribution is -0.140. The third-order valence-electron chi connectivity index (χ3n) is 4.95. The van der Waals surface area contributed by atoms with Crippen LogP contribution in [0.5, 0.6) is 5.75 Å². The number of nitrogens with zero attached hydrogens (tertiary/aromatic N) is 3. The van der Waals surface area contributed by atoms with Gasteiger partial charge in [-0.2, -0.15) is 5.10 Å². The summed E-state index contributed by atoms with van der Waals surface area (Å²) in [6.07, 6.45) is 0.694. The zero-order valence-corrected chi connectivity index (χ0v) is 16.8. The number of amides is 2. The molecule has 1 heterocycles. The molecule has 0 N–H and O–H groups in total. The van der Waals surface area contributed by atoms with Gasteiger partial charge in [0.05, 0.1) is 18.9 Å². The minimum Gasteiger partial charge on any atom is -0.497 e. The van der Waals surface area contributed by atoms with Crippen molar-refractivity contribution in [3.63, 3.8) is 0 Å². The molecule has 0 radical (unpaired) electrons. The predicted molar refractivity (Wildman–Crippen MR) is 108 cm³/mol. The minimum absolute atomic E-state index is 0.0899. The highest BCUT2D eigenvalue weighted by Crippen LogP contribution is 2.34. The molecule has 1 aliphatic rings. The molecule has 3 rings (SSSR count). The zero-order valence-electron chi connectivity index (χ0n) is 16.8. The topological polar surface area (TPSA) is 62.2 Å². The van der Waals surface area contributed by atoms with Gasteiger partial charge in [0.25, 0.3) is 5.91 Å². The first-order chi connectivity index (χ1) is 13.9. The average molecular weight is 397 g/mol. The lowest BCUT2D eigenvalue weighted by atomic mass is 9.98. The van der Waals surface area contributed by atoms with Crippen molar-refractivity contribution >= 4 is 17.5 Å². The molecule has 152 valence electrons. The lowest BCUT2D eigenvalue weighted by Gasteiger charge is -2.25. The number of hydrogen-bond acceptors (Lipinski definition) is 4. The van der Waals surface area contributed by atoms with Crippen molar-refractivity contribution < 1.29 is 18.7 Å². The molecule has 1 atom stereocenters. The first kappa shape index (κ1) is 20.5. The predicted octanol–water partition coefficient (Wildman–Crippen LogP) is 3.38. The number of halogens is 1. The number of carbonyl (C=O) groups excluding carboxylic acids is 2. The molecule has 1 aliphatic heterocycles. The van der Waals surface area contributed by atoms with Crippen molar-refractivity contribution in [3.05, 3.63) is 65.5 Å². The Balaban J connectivity index is 1.92. The summed E-state index contributed by atoms with van der Waals surface area (Å²) in [6.45, 7) is 1.65. The van der Waals surface area contributed by atoms with Gasteiger partial charge in [0.2, 0.25) is 5.91 Å². The third kappa shape index (κ3) is 4.45. The van der Waals surface area contributed by atoms with Gasteiger partial charge in [-0.1, -0.05) is 37.3 Å². The molecule has 2 aromatic carbocycles. The summed E-state index contributed by atoms with van der Waals surface area (Å²) in [7, 11) is 3.17. The van der Waals surface area contributed by atoms with Crippen LogP contribution in [0.15, 0.2) is 53.6 Å². The average Bonchev–Trinajstić information content (AvgIpc) is 3.18. The number of hydrazone groups is 1. The number of carbonyl (C=O) groups is 2. The van der Waals surface area contributed by atoms with Crippen LogP contribution in [0, 0.1) is 5.82 Å². The quantitative estimate of drug-likeness (QED) is 0.751. The Labute approximate surface area is 169 Å². The van der Waals surface area contributed by atoms with Crippen LogP contribution in [0.3, 0.4) is 0 Å². The fourth-order valence-electron chi connectivity index (χ4n) is 3.32. The highest BCUT2D eigenvalue weighted by molar-refractivity contribution is 6.03. The van der Waals surface area contributed by atoms with Gasteiger partial charge in [0, 0.05) is 25.5 Å². The number of benzene rings is 2. The maximum atomic E-state index is 14.3. The van der Waals surface area contributed by atoms with Crippen LogP contribution >= 0.6 is 0 Å². The number of ether oxygens (including phenoxy) is 1. The maximum Gasteiger partial charge on any atom is 0.262 e. The highest BCUT2D eigenvalue weighted by Gasteiger charge is 2.34. The van der Waals surface area contributed by atoms with Crippen LogP contribution in [-0.2, 0) is 9.59 Å². The van der Waals surface area contributed by atoms with E-state index in [0.717, 1.165) is 5.56 Å². The second-order valence-corrected chi connectivity index (χ2v) is 6.86. The molecule has 0 saturated carbocycles. The minimum atomic E-state index is -0.382. The van der Waals surface area contributed by atoms with E-state index in [1.807, 2.05) is 24.3 Å². The molecule has 2 aromatic rings. The van der Waals surface area contributed by atoms with Crippen LogP contribution in [-0.4, -0.2) is 48.1 Å². The van der Waals surface area contributed by atoms with Gasteiger partial charge in [-0.15, -0.1) is 0 Å². The van der Waals surface area contributed by atoms with Crippen molar-refractivity contribution in [2.45, 2.75) is 25.8 Å². The molecule has 29 heavy (non-hydrogen) atoms. The number of likely N-dealkylation sites (N-methyl/N-ethyl adjacent to an activating group) is 1. The van der Waals surface area contributed by atoms with E-state index >= 15 is 0 Å². The Morgan fingerprint density at radius 1 is 1.21 bits per heavy atom. The van der Waals surface area contributed by atoms with Crippen LogP contribution in [0.25, 0.3) is 0 Å². The van der Waals surface area contributed by atoms with E-state index in [9.17, 15) is 14.0 Å². The molecule has 6 nitrogen and oxygen atoms in total. The molecular formula is C22H24FN3O3. The smallest absolute Gasteiger partial charge is 0.262 e. The van der Waals surface area contributed by atoms with Gasteiger partial charge < -0.3 is 9.64 Å². The first-order valence-corrected chi connectivity index (χ1v) is 9.47. The maximum absolute atomic E-state index is 14.3. The summed E-state index contributed by atoms with van der Waals surface area (Å²) in [4.78, 5) is 26.2. The summed E-state index contributed by atoms with van der Waals surface area (Å²) in [5.41, 5.74) is 1.74. The molecule has 0 bridgehead atoms. The molecule has 0 fully saturated rings. The fraction of sp³-hybridized carbons (Fsp3) is 0.318. The molecule has 0 spiro atoms. The van der Waals surface area contributed by atoms with Crippen molar-refractivity contribution in [1.82, 2.24) is 9.91 Å². The molecule has 2 amide bonds. The van der Waals surface area contributed by atoms with E-state index in [0.29, 0.717) is 29.9 Å². The normalized spacial score (nSPS) is 15.8. The van der Waals surface area contributed by atoms with Gasteiger partial charge in [-0.25, -0.2) is 9.40 Å². The number of methoxy groups -OCH3 is 1. The van der Waals surface area contributed by atoms with Crippen LogP contribution in [0.4, 0.5) is 4.39 Å². The first-order valence-electron chi connectivity index (χ1n) is 9.47. The van der Waals surface area contributed by atoms with Gasteiger partial charge in [0.1, 0.15) is 18.1 Å². The highest BCUT2D eigenvalue weighted by atomic mass is 19.1. The van der Waals surface area contributed by atoms with Gasteiger partial charge in [-0.3, -0.25) is 9.59 Å². The second kappa shape index (κ2) is 8.86. The van der Waals surface area contributed by atoms with E-state index in [1.54, 1.807) is 39.3 Å². The van der Waals surface area contributed by atoms with Crippen molar-refractivity contribution in [2.24, 2.45) is 5.10 Å².